The molecule has 3 N–H and O–H groups in total. The number of Topliss-reactive ketones (excluding diaryl/α,β-unsaturated/α-hetero) is 1. The molecule has 6 nitrogen and oxygen atoms in total. The molecule has 0 aromatic carbocycles. The number of carbonyl (C=O) groups is 2. The number of hydrogen-bond donors (Lipinski definition) is 3. The van der Waals surface area contributed by atoms with Crippen LogP contribution in [0.1, 0.15) is 54.9 Å². The van der Waals surface area contributed by atoms with Gasteiger partial charge in [-0.25, -0.2) is 0 Å². The molecular weight excluding hydrogens is 355 g/mol. The molecule has 0 aromatic heterocycles. The van der Waals surface area contributed by atoms with E-state index < -0.39 is 11.6 Å². The minimum absolute atomic E-state index is 0. The van der Waals surface area contributed by atoms with Crippen molar-refractivity contribution in [1.82, 2.24) is 0 Å². The van der Waals surface area contributed by atoms with E-state index in [1.54, 1.807) is 41.5 Å². The maximum Gasteiger partial charge on any atom is 0.313 e. The summed E-state index contributed by atoms with van der Waals surface area (Å²) in [6.07, 6.45) is -0.128. The summed E-state index contributed by atoms with van der Waals surface area (Å²) >= 11 is 0. The van der Waals surface area contributed by atoms with Gasteiger partial charge in [0.25, 0.3) is 0 Å². The number of ketones is 1. The van der Waals surface area contributed by atoms with Crippen LogP contribution in [0.2, 0.25) is 0 Å². The Morgan fingerprint density at radius 1 is 0.905 bits per heavy atom. The van der Waals surface area contributed by atoms with Gasteiger partial charge in [0.15, 0.2) is 0 Å². The van der Waals surface area contributed by atoms with Crippen LogP contribution in [0.3, 0.4) is 0 Å². The van der Waals surface area contributed by atoms with Crippen molar-refractivity contribution < 1.29 is 55.8 Å². The largest absolute Gasteiger partial charge is 0.460 e. The zero-order valence-corrected chi connectivity index (χ0v) is 16.9. The molecule has 0 aliphatic heterocycles. The van der Waals surface area contributed by atoms with E-state index in [4.69, 9.17) is 20.1 Å². The molecule has 0 heterocycles. The van der Waals surface area contributed by atoms with Crippen molar-refractivity contribution in [2.75, 3.05) is 19.8 Å². The van der Waals surface area contributed by atoms with Crippen LogP contribution in [0.5, 0.6) is 0 Å². The summed E-state index contributed by atoms with van der Waals surface area (Å²) in [6, 6.07) is 0. The van der Waals surface area contributed by atoms with E-state index in [1.807, 2.05) is 0 Å². The molecule has 0 radical (unpaired) electrons. The van der Waals surface area contributed by atoms with Gasteiger partial charge in [-0.05, 0) is 48.5 Å². The monoisotopic (exact) mass is 386 g/mol. The smallest absolute Gasteiger partial charge is 0.313 e. The van der Waals surface area contributed by atoms with Crippen molar-refractivity contribution in [3.63, 3.8) is 0 Å². The third-order valence-corrected chi connectivity index (χ3v) is 0.813. The Morgan fingerprint density at radius 3 is 1.29 bits per heavy atom. The maximum atomic E-state index is 10.8. The van der Waals surface area contributed by atoms with E-state index in [-0.39, 0.29) is 58.2 Å². The second-order valence-electron chi connectivity index (χ2n) is 4.41. The molecule has 0 atom stereocenters. The van der Waals surface area contributed by atoms with Gasteiger partial charge in [-0.2, -0.15) is 0 Å². The summed E-state index contributed by atoms with van der Waals surface area (Å²) in [5.74, 6) is -0.621. The Labute approximate surface area is 148 Å². The molecule has 0 spiro atoms. The predicted octanol–water partition coefficient (Wildman–Crippen LogP) is 1.30. The van der Waals surface area contributed by atoms with Crippen molar-refractivity contribution in [2.45, 2.75) is 60.5 Å². The fraction of sp³-hybridized carbons (Fsp3) is 0.857. The van der Waals surface area contributed by atoms with Crippen LogP contribution in [0.15, 0.2) is 0 Å². The first kappa shape index (κ1) is 32.7. The van der Waals surface area contributed by atoms with Crippen molar-refractivity contribution in [1.29, 1.82) is 0 Å². The van der Waals surface area contributed by atoms with Crippen LogP contribution in [0, 0.1) is 0 Å². The second kappa shape index (κ2) is 24.9. The number of carbonyl (C=O) groups excluding carboxylic acids is 2. The second-order valence-corrected chi connectivity index (χ2v) is 4.41. The third-order valence-electron chi connectivity index (χ3n) is 0.813. The Kier molecular flexibility index (Phi) is 38.8. The number of ether oxygens (including phenoxy) is 1. The molecule has 7 heteroatoms. The number of aliphatic hydroxyl groups is 3. The van der Waals surface area contributed by atoms with E-state index >= 15 is 0 Å². The fourth-order valence-electron chi connectivity index (χ4n) is 0.581. The molecule has 128 valence electrons. The molecule has 0 aromatic rings. The SMILES string of the molecule is CC(=O)CC(=O)OC(C)(C)C.CCO.CCO.CCO.[Zr]. The number of rotatable bonds is 2. The van der Waals surface area contributed by atoms with Crippen LogP contribution in [0.25, 0.3) is 0 Å². The predicted molar refractivity (Wildman–Crippen MR) is 79.4 cm³/mol. The molecule has 0 saturated heterocycles. The first-order valence-corrected chi connectivity index (χ1v) is 6.59. The molecule has 0 rings (SSSR count). The van der Waals surface area contributed by atoms with Crippen LogP contribution in [-0.4, -0.2) is 52.5 Å². The van der Waals surface area contributed by atoms with Gasteiger partial charge in [-0.3, -0.25) is 9.59 Å². The maximum absolute atomic E-state index is 10.8. The summed E-state index contributed by atoms with van der Waals surface area (Å²) < 4.78 is 4.89. The summed E-state index contributed by atoms with van der Waals surface area (Å²) in [7, 11) is 0. The quantitative estimate of drug-likeness (QED) is 0.487. The van der Waals surface area contributed by atoms with Crippen molar-refractivity contribution in [3.05, 3.63) is 0 Å². The molecule has 0 unspecified atom stereocenters. The van der Waals surface area contributed by atoms with Crippen LogP contribution in [-0.2, 0) is 40.5 Å². The van der Waals surface area contributed by atoms with E-state index in [9.17, 15) is 9.59 Å². The minimum atomic E-state index is -0.494. The summed E-state index contributed by atoms with van der Waals surface area (Å²) in [5.41, 5.74) is -0.494. The van der Waals surface area contributed by atoms with E-state index in [1.165, 1.54) is 6.92 Å². The number of hydrogen-bond acceptors (Lipinski definition) is 6. The first-order chi connectivity index (χ1) is 9.05. The van der Waals surface area contributed by atoms with Gasteiger partial charge >= 0.3 is 5.97 Å². The summed E-state index contributed by atoms with van der Waals surface area (Å²) in [5, 5.41) is 22.7. The van der Waals surface area contributed by atoms with Gasteiger partial charge in [0.1, 0.15) is 17.8 Å². The van der Waals surface area contributed by atoms with Crippen molar-refractivity contribution in [2.24, 2.45) is 0 Å². The molecule has 0 fully saturated rings. The van der Waals surface area contributed by atoms with Gasteiger partial charge < -0.3 is 20.1 Å². The van der Waals surface area contributed by atoms with Crippen LogP contribution < -0.4 is 0 Å². The van der Waals surface area contributed by atoms with E-state index in [0.717, 1.165) is 0 Å². The Bertz CT molecular complexity index is 209. The Morgan fingerprint density at radius 2 is 1.14 bits per heavy atom. The van der Waals surface area contributed by atoms with Crippen molar-refractivity contribution in [3.8, 4) is 0 Å². The van der Waals surface area contributed by atoms with Gasteiger partial charge in [-0.15, -0.1) is 0 Å². The molecule has 0 aliphatic carbocycles. The number of aliphatic hydroxyl groups excluding tert-OH is 3. The minimum Gasteiger partial charge on any atom is -0.460 e. The zero-order valence-electron chi connectivity index (χ0n) is 14.4. The average Bonchev–Trinajstić information content (AvgIpc) is 2.15. The molecular formula is C14H32O6Zr. The van der Waals surface area contributed by atoms with E-state index in [2.05, 4.69) is 0 Å². The molecule has 0 saturated carbocycles. The topological polar surface area (TPSA) is 104 Å². The summed E-state index contributed by atoms with van der Waals surface area (Å²) in [4.78, 5) is 21.3. The Hall–Kier alpha value is -0.0969. The van der Waals surface area contributed by atoms with E-state index in [0.29, 0.717) is 0 Å². The first-order valence-electron chi connectivity index (χ1n) is 6.59. The summed E-state index contributed by atoms with van der Waals surface area (Å²) in [6.45, 7) is 12.5. The van der Waals surface area contributed by atoms with Gasteiger partial charge in [0.2, 0.25) is 0 Å². The molecule has 0 bridgehead atoms. The zero-order chi connectivity index (χ0) is 17.2. The third kappa shape index (κ3) is 80.5. The van der Waals surface area contributed by atoms with Gasteiger partial charge in [0.05, 0.1) is 0 Å². The normalized spacial score (nSPS) is 8.29. The standard InChI is InChI=1S/C8H14O3.3C2H6O.Zr/c1-6(9)5-7(10)11-8(2,3)4;3*1-2-3;/h5H2,1-4H3;3*3H,2H2,1H3;. The average molecular weight is 388 g/mol. The van der Waals surface area contributed by atoms with Crippen molar-refractivity contribution >= 4 is 11.8 Å². The molecule has 0 amide bonds. The molecule has 21 heavy (non-hydrogen) atoms. The van der Waals surface area contributed by atoms with Gasteiger partial charge in [0, 0.05) is 46.0 Å². The number of esters is 1. The van der Waals surface area contributed by atoms with Crippen LogP contribution >= 0.6 is 0 Å². The molecule has 0 aliphatic rings. The Balaban J connectivity index is -0.0000000711. The fourth-order valence-corrected chi connectivity index (χ4v) is 0.581. The van der Waals surface area contributed by atoms with Crippen LogP contribution in [0.4, 0.5) is 0 Å². The van der Waals surface area contributed by atoms with Gasteiger partial charge in [-0.1, -0.05) is 0 Å².